The maximum absolute atomic E-state index is 13.8. The van der Waals surface area contributed by atoms with Crippen molar-refractivity contribution in [3.8, 4) is 5.75 Å². The second kappa shape index (κ2) is 9.68. The van der Waals surface area contributed by atoms with Crippen LogP contribution in [0.4, 0.5) is 10.1 Å². The maximum Gasteiger partial charge on any atom is 0.340 e. The van der Waals surface area contributed by atoms with Crippen molar-refractivity contribution in [2.45, 2.75) is 13.5 Å². The van der Waals surface area contributed by atoms with Gasteiger partial charge in [0.1, 0.15) is 6.54 Å². The van der Waals surface area contributed by atoms with Crippen LogP contribution in [-0.2, 0) is 16.1 Å². The summed E-state index contributed by atoms with van der Waals surface area (Å²) < 4.78 is 23.7. The topological polar surface area (TPSA) is 69.1 Å². The lowest BCUT2D eigenvalue weighted by atomic mass is 10.1. The minimum atomic E-state index is -0.484. The van der Waals surface area contributed by atoms with Crippen molar-refractivity contribution in [1.29, 1.82) is 0 Å². The molecule has 2 aromatic carbocycles. The molecule has 0 aliphatic carbocycles. The molecule has 2 rings (SSSR count). The molecule has 7 heteroatoms. The van der Waals surface area contributed by atoms with E-state index in [9.17, 15) is 14.0 Å². The number of nitrogens with one attached hydrogen (secondary N) is 2. The van der Waals surface area contributed by atoms with Gasteiger partial charge in [-0.2, -0.15) is 0 Å². The normalized spacial score (nSPS) is 11.6. The molecule has 1 amide bonds. The molecule has 0 aromatic heterocycles. The van der Waals surface area contributed by atoms with E-state index in [0.717, 1.165) is 10.5 Å². The van der Waals surface area contributed by atoms with E-state index in [1.54, 1.807) is 43.3 Å². The van der Waals surface area contributed by atoms with Crippen molar-refractivity contribution in [3.63, 3.8) is 0 Å². The summed E-state index contributed by atoms with van der Waals surface area (Å²) in [6.45, 7) is 2.60. The fourth-order valence-corrected chi connectivity index (χ4v) is 2.68. The Morgan fingerprint density at radius 2 is 1.93 bits per heavy atom. The van der Waals surface area contributed by atoms with Crippen LogP contribution in [0, 0.1) is 5.82 Å². The smallest absolute Gasteiger partial charge is 0.340 e. The average Bonchev–Trinajstić information content (AvgIpc) is 2.62. The number of carbonyl (C=O) groups is 2. The summed E-state index contributed by atoms with van der Waals surface area (Å²) >= 11 is 0. The van der Waals surface area contributed by atoms with Gasteiger partial charge in [0.25, 0.3) is 5.91 Å². The molecule has 0 spiro atoms. The van der Waals surface area contributed by atoms with Crippen molar-refractivity contribution in [2.24, 2.45) is 0 Å². The van der Waals surface area contributed by atoms with Crippen molar-refractivity contribution in [2.75, 3.05) is 32.6 Å². The van der Waals surface area contributed by atoms with Crippen LogP contribution >= 0.6 is 0 Å². The zero-order valence-corrected chi connectivity index (χ0v) is 15.7. The quantitative estimate of drug-likeness (QED) is 0.689. The first-order valence-corrected chi connectivity index (χ1v) is 8.64. The predicted molar refractivity (Wildman–Crippen MR) is 99.4 cm³/mol. The Kier molecular flexibility index (Phi) is 7.31. The molecule has 0 aliphatic rings. The lowest BCUT2D eigenvalue weighted by Crippen LogP contribution is -3.08. The standard InChI is InChI=1S/C20H23FN2O4/c1-4-27-20(25)15-7-5-6-8-17(15)22-19(24)13-23(2)12-14-9-10-18(26-3)16(21)11-14/h5-11H,4,12-13H2,1-3H3,(H,22,24)/p+1. The Bertz CT molecular complexity index is 810. The number of ether oxygens (including phenoxy) is 2. The molecule has 0 fully saturated rings. The number of carbonyl (C=O) groups excluding carboxylic acids is 2. The van der Waals surface area contributed by atoms with Crippen LogP contribution in [0.1, 0.15) is 22.8 Å². The third kappa shape index (κ3) is 5.79. The summed E-state index contributed by atoms with van der Waals surface area (Å²) in [5, 5.41) is 2.74. The Balaban J connectivity index is 1.97. The molecule has 6 nitrogen and oxygen atoms in total. The first-order valence-electron chi connectivity index (χ1n) is 8.64. The van der Waals surface area contributed by atoms with Crippen molar-refractivity contribution in [1.82, 2.24) is 0 Å². The van der Waals surface area contributed by atoms with Gasteiger partial charge in [-0.05, 0) is 37.3 Å². The highest BCUT2D eigenvalue weighted by Gasteiger charge is 2.16. The molecule has 0 heterocycles. The largest absolute Gasteiger partial charge is 0.494 e. The summed E-state index contributed by atoms with van der Waals surface area (Å²) in [5.74, 6) is -0.985. The highest BCUT2D eigenvalue weighted by atomic mass is 19.1. The van der Waals surface area contributed by atoms with Crippen LogP contribution in [0.25, 0.3) is 0 Å². The maximum atomic E-state index is 13.8. The molecule has 0 aliphatic heterocycles. The number of esters is 1. The molecular formula is C20H24FN2O4+. The van der Waals surface area contributed by atoms with E-state index in [1.165, 1.54) is 13.2 Å². The zero-order chi connectivity index (χ0) is 19.8. The van der Waals surface area contributed by atoms with Crippen LogP contribution < -0.4 is 15.0 Å². The van der Waals surface area contributed by atoms with E-state index in [-0.39, 0.29) is 24.8 Å². The summed E-state index contributed by atoms with van der Waals surface area (Å²) in [5.41, 5.74) is 1.47. The van der Waals surface area contributed by atoms with E-state index in [0.29, 0.717) is 17.8 Å². The first kappa shape index (κ1) is 20.4. The van der Waals surface area contributed by atoms with Crippen molar-refractivity contribution < 1.29 is 28.4 Å². The van der Waals surface area contributed by atoms with Gasteiger partial charge in [-0.25, -0.2) is 9.18 Å². The fraction of sp³-hybridized carbons (Fsp3) is 0.300. The number of hydrogen-bond donors (Lipinski definition) is 2. The number of anilines is 1. The number of benzene rings is 2. The average molecular weight is 375 g/mol. The van der Waals surface area contributed by atoms with Crippen LogP contribution in [0.2, 0.25) is 0 Å². The predicted octanol–water partition coefficient (Wildman–Crippen LogP) is 1.66. The zero-order valence-electron chi connectivity index (χ0n) is 15.7. The molecule has 144 valence electrons. The van der Waals surface area contributed by atoms with Gasteiger partial charge < -0.3 is 19.7 Å². The lowest BCUT2D eigenvalue weighted by Gasteiger charge is -2.15. The molecule has 0 radical (unpaired) electrons. The molecule has 0 saturated carbocycles. The van der Waals surface area contributed by atoms with E-state index in [4.69, 9.17) is 9.47 Å². The van der Waals surface area contributed by atoms with E-state index in [1.807, 2.05) is 7.05 Å². The SMILES string of the molecule is CCOC(=O)c1ccccc1NC(=O)C[NH+](C)Cc1ccc(OC)c(F)c1. The number of para-hydroxylation sites is 1. The van der Waals surface area contributed by atoms with Gasteiger partial charge in [-0.1, -0.05) is 12.1 Å². The summed E-state index contributed by atoms with van der Waals surface area (Å²) in [7, 11) is 3.24. The molecular weight excluding hydrogens is 351 g/mol. The highest BCUT2D eigenvalue weighted by Crippen LogP contribution is 2.17. The third-order valence-corrected chi connectivity index (χ3v) is 3.88. The van der Waals surface area contributed by atoms with Gasteiger partial charge in [0.15, 0.2) is 18.1 Å². The molecule has 2 N–H and O–H groups in total. The lowest BCUT2D eigenvalue weighted by molar-refractivity contribution is -0.885. The Labute approximate surface area is 157 Å². The van der Waals surface area contributed by atoms with Gasteiger partial charge >= 0.3 is 5.97 Å². The van der Waals surface area contributed by atoms with Crippen LogP contribution in [0.5, 0.6) is 5.75 Å². The van der Waals surface area contributed by atoms with Crippen LogP contribution in [-0.4, -0.2) is 39.2 Å². The summed E-state index contributed by atoms with van der Waals surface area (Å²) in [4.78, 5) is 25.2. The number of amides is 1. The summed E-state index contributed by atoms with van der Waals surface area (Å²) in [6.07, 6.45) is 0. The van der Waals surface area contributed by atoms with Gasteiger partial charge in [-0.15, -0.1) is 0 Å². The molecule has 1 unspecified atom stereocenters. The minimum absolute atomic E-state index is 0.158. The highest BCUT2D eigenvalue weighted by molar-refractivity contribution is 6.01. The van der Waals surface area contributed by atoms with Crippen molar-refractivity contribution in [3.05, 3.63) is 59.4 Å². The monoisotopic (exact) mass is 375 g/mol. The van der Waals surface area contributed by atoms with Gasteiger partial charge in [0.05, 0.1) is 32.0 Å². The number of rotatable bonds is 8. The number of likely N-dealkylation sites (N-methyl/N-ethyl adjacent to an activating group) is 1. The van der Waals surface area contributed by atoms with Crippen molar-refractivity contribution >= 4 is 17.6 Å². The molecule has 1 atom stereocenters. The Morgan fingerprint density at radius 3 is 2.59 bits per heavy atom. The number of quaternary nitrogens is 1. The Morgan fingerprint density at radius 1 is 1.19 bits per heavy atom. The number of halogens is 1. The molecule has 0 saturated heterocycles. The van der Waals surface area contributed by atoms with Crippen LogP contribution in [0.3, 0.4) is 0 Å². The van der Waals surface area contributed by atoms with Gasteiger partial charge in [0.2, 0.25) is 0 Å². The van der Waals surface area contributed by atoms with Crippen LogP contribution in [0.15, 0.2) is 42.5 Å². The van der Waals surface area contributed by atoms with Gasteiger partial charge in [-0.3, -0.25) is 4.79 Å². The molecule has 0 bridgehead atoms. The summed E-state index contributed by atoms with van der Waals surface area (Å²) in [6, 6.07) is 11.4. The first-order chi connectivity index (χ1) is 12.9. The number of hydrogen-bond acceptors (Lipinski definition) is 4. The second-order valence-corrected chi connectivity index (χ2v) is 6.09. The van der Waals surface area contributed by atoms with E-state index in [2.05, 4.69) is 5.32 Å². The molecule has 27 heavy (non-hydrogen) atoms. The Hall–Kier alpha value is -2.93. The number of methoxy groups -OCH3 is 1. The van der Waals surface area contributed by atoms with E-state index < -0.39 is 11.8 Å². The fourth-order valence-electron chi connectivity index (χ4n) is 2.68. The molecule has 2 aromatic rings. The third-order valence-electron chi connectivity index (χ3n) is 3.88. The minimum Gasteiger partial charge on any atom is -0.494 e. The second-order valence-electron chi connectivity index (χ2n) is 6.09. The van der Waals surface area contributed by atoms with Gasteiger partial charge in [0, 0.05) is 5.56 Å². The van der Waals surface area contributed by atoms with E-state index >= 15 is 0 Å².